The number of nitrogens with zero attached hydrogens (tertiary/aromatic N) is 1. The molecule has 0 fully saturated rings. The molecule has 7 nitrogen and oxygen atoms in total. The standard InChI is InChI=1S/C13H12N2O5/c1-8-10(12(16)17)11(20-15-8)14-13(18)19-7-9-5-3-2-4-6-9/h2-6H,7H2,1H3,(H,14,18)(H,16,17). The van der Waals surface area contributed by atoms with E-state index in [1.165, 1.54) is 6.92 Å². The Bertz CT molecular complexity index is 621. The minimum absolute atomic E-state index is 0.0716. The van der Waals surface area contributed by atoms with Crippen molar-refractivity contribution in [1.82, 2.24) is 5.16 Å². The summed E-state index contributed by atoms with van der Waals surface area (Å²) in [5, 5.41) is 14.7. The molecule has 1 aromatic carbocycles. The molecule has 0 saturated heterocycles. The van der Waals surface area contributed by atoms with Crippen LogP contribution < -0.4 is 5.32 Å². The van der Waals surface area contributed by atoms with Gasteiger partial charge in [0.25, 0.3) is 0 Å². The molecule has 1 heterocycles. The van der Waals surface area contributed by atoms with Crippen LogP contribution >= 0.6 is 0 Å². The van der Waals surface area contributed by atoms with Gasteiger partial charge in [-0.3, -0.25) is 5.32 Å². The molecule has 7 heteroatoms. The molecular formula is C13H12N2O5. The monoisotopic (exact) mass is 276 g/mol. The number of carbonyl (C=O) groups excluding carboxylic acids is 1. The summed E-state index contributed by atoms with van der Waals surface area (Å²) in [4.78, 5) is 22.5. The maximum atomic E-state index is 11.6. The van der Waals surface area contributed by atoms with Gasteiger partial charge in [0, 0.05) is 0 Å². The number of aryl methyl sites for hydroxylation is 1. The van der Waals surface area contributed by atoms with Crippen LogP contribution in [0.25, 0.3) is 0 Å². The number of carboxylic acids is 1. The van der Waals surface area contributed by atoms with Crippen molar-refractivity contribution < 1.29 is 24.0 Å². The van der Waals surface area contributed by atoms with Gasteiger partial charge in [-0.15, -0.1) is 0 Å². The molecule has 104 valence electrons. The van der Waals surface area contributed by atoms with Crippen molar-refractivity contribution in [2.45, 2.75) is 13.5 Å². The van der Waals surface area contributed by atoms with E-state index in [1.54, 1.807) is 12.1 Å². The summed E-state index contributed by atoms with van der Waals surface area (Å²) >= 11 is 0. The molecule has 2 rings (SSSR count). The number of hydrogen-bond acceptors (Lipinski definition) is 5. The summed E-state index contributed by atoms with van der Waals surface area (Å²) in [5.74, 6) is -1.48. The van der Waals surface area contributed by atoms with Crippen molar-refractivity contribution in [3.05, 3.63) is 47.2 Å². The first-order valence-corrected chi connectivity index (χ1v) is 5.75. The normalized spacial score (nSPS) is 10.1. The Morgan fingerprint density at radius 2 is 2.05 bits per heavy atom. The van der Waals surface area contributed by atoms with Crippen LogP contribution in [0.2, 0.25) is 0 Å². The summed E-state index contributed by atoms with van der Waals surface area (Å²) < 4.78 is 9.68. The van der Waals surface area contributed by atoms with Gasteiger partial charge in [-0.25, -0.2) is 9.59 Å². The second kappa shape index (κ2) is 5.87. The largest absolute Gasteiger partial charge is 0.477 e. The second-order valence-electron chi connectivity index (χ2n) is 3.96. The fourth-order valence-electron chi connectivity index (χ4n) is 1.56. The van der Waals surface area contributed by atoms with E-state index in [0.29, 0.717) is 0 Å². The lowest BCUT2D eigenvalue weighted by molar-refractivity contribution is 0.0697. The van der Waals surface area contributed by atoms with Gasteiger partial charge in [-0.2, -0.15) is 0 Å². The molecule has 2 aromatic rings. The smallest absolute Gasteiger partial charge is 0.414 e. The molecule has 0 unspecified atom stereocenters. The Labute approximate surface area is 114 Å². The molecule has 0 atom stereocenters. The first-order chi connectivity index (χ1) is 9.58. The van der Waals surface area contributed by atoms with Gasteiger partial charge in [0.1, 0.15) is 12.2 Å². The maximum absolute atomic E-state index is 11.6. The second-order valence-corrected chi connectivity index (χ2v) is 3.96. The number of carboxylic acid groups (broad SMARTS) is 1. The molecule has 0 radical (unpaired) electrons. The molecule has 0 aliphatic carbocycles. The van der Waals surface area contributed by atoms with Crippen molar-refractivity contribution in [2.75, 3.05) is 5.32 Å². The third-order valence-electron chi connectivity index (χ3n) is 2.50. The van der Waals surface area contributed by atoms with E-state index in [4.69, 9.17) is 14.4 Å². The fourth-order valence-corrected chi connectivity index (χ4v) is 1.56. The zero-order chi connectivity index (χ0) is 14.5. The topological polar surface area (TPSA) is 102 Å². The van der Waals surface area contributed by atoms with Crippen molar-refractivity contribution in [1.29, 1.82) is 0 Å². The molecule has 0 aliphatic heterocycles. The summed E-state index contributed by atoms with van der Waals surface area (Å²) in [5.41, 5.74) is 0.798. The van der Waals surface area contributed by atoms with E-state index in [-0.39, 0.29) is 23.7 Å². The van der Waals surface area contributed by atoms with E-state index in [1.807, 2.05) is 18.2 Å². The predicted octanol–water partition coefficient (Wildman–Crippen LogP) is 2.43. The van der Waals surface area contributed by atoms with Crippen LogP contribution in [0.4, 0.5) is 10.7 Å². The van der Waals surface area contributed by atoms with Gasteiger partial charge in [0.05, 0.1) is 5.69 Å². The van der Waals surface area contributed by atoms with Gasteiger partial charge >= 0.3 is 12.1 Å². The number of aromatic carboxylic acids is 1. The van der Waals surface area contributed by atoms with Crippen LogP contribution in [0.5, 0.6) is 0 Å². The van der Waals surface area contributed by atoms with E-state index in [0.717, 1.165) is 5.56 Å². The highest BCUT2D eigenvalue weighted by molar-refractivity contribution is 5.97. The molecule has 1 aromatic heterocycles. The Balaban J connectivity index is 1.97. The number of hydrogen-bond donors (Lipinski definition) is 2. The van der Waals surface area contributed by atoms with Crippen molar-refractivity contribution in [3.63, 3.8) is 0 Å². The molecule has 1 amide bonds. The summed E-state index contributed by atoms with van der Waals surface area (Å²) in [6.45, 7) is 1.54. The lowest BCUT2D eigenvalue weighted by Crippen LogP contribution is -2.15. The van der Waals surface area contributed by atoms with Gasteiger partial charge in [0.15, 0.2) is 0 Å². The zero-order valence-corrected chi connectivity index (χ0v) is 10.6. The Hall–Kier alpha value is -2.83. The zero-order valence-electron chi connectivity index (χ0n) is 10.6. The van der Waals surface area contributed by atoms with Crippen LogP contribution in [0, 0.1) is 6.92 Å². The molecular weight excluding hydrogens is 264 g/mol. The highest BCUT2D eigenvalue weighted by atomic mass is 16.6. The predicted molar refractivity (Wildman–Crippen MR) is 68.4 cm³/mol. The summed E-state index contributed by atoms with van der Waals surface area (Å²) in [6, 6.07) is 9.08. The third-order valence-corrected chi connectivity index (χ3v) is 2.50. The van der Waals surface area contributed by atoms with Crippen LogP contribution in [-0.2, 0) is 11.3 Å². The van der Waals surface area contributed by atoms with E-state index in [9.17, 15) is 9.59 Å². The van der Waals surface area contributed by atoms with E-state index in [2.05, 4.69) is 10.5 Å². The fraction of sp³-hybridized carbons (Fsp3) is 0.154. The van der Waals surface area contributed by atoms with Gasteiger partial charge in [-0.05, 0) is 12.5 Å². The number of rotatable bonds is 4. The Morgan fingerprint density at radius 1 is 1.35 bits per heavy atom. The number of amides is 1. The molecule has 0 aliphatic rings. The molecule has 20 heavy (non-hydrogen) atoms. The first-order valence-electron chi connectivity index (χ1n) is 5.75. The molecule has 0 spiro atoms. The van der Waals surface area contributed by atoms with Crippen LogP contribution in [-0.4, -0.2) is 22.3 Å². The first kappa shape index (κ1) is 13.6. The van der Waals surface area contributed by atoms with Crippen molar-refractivity contribution in [3.8, 4) is 0 Å². The quantitative estimate of drug-likeness (QED) is 0.889. The molecule has 2 N–H and O–H groups in total. The summed E-state index contributed by atoms with van der Waals surface area (Å²) in [6.07, 6.45) is -0.812. The Kier molecular flexibility index (Phi) is 3.99. The average Bonchev–Trinajstić information content (AvgIpc) is 2.78. The SMILES string of the molecule is Cc1noc(NC(=O)OCc2ccccc2)c1C(=O)O. The molecule has 0 bridgehead atoms. The van der Waals surface area contributed by atoms with Crippen LogP contribution in [0.15, 0.2) is 34.9 Å². The van der Waals surface area contributed by atoms with Crippen molar-refractivity contribution in [2.24, 2.45) is 0 Å². The number of ether oxygens (including phenoxy) is 1. The van der Waals surface area contributed by atoms with Gasteiger partial charge < -0.3 is 14.4 Å². The van der Waals surface area contributed by atoms with Gasteiger partial charge in [0.2, 0.25) is 5.88 Å². The number of anilines is 1. The number of nitrogens with one attached hydrogen (secondary N) is 1. The Morgan fingerprint density at radius 3 is 2.70 bits per heavy atom. The molecule has 0 saturated carbocycles. The van der Waals surface area contributed by atoms with Crippen LogP contribution in [0.3, 0.4) is 0 Å². The maximum Gasteiger partial charge on any atom is 0.414 e. The lowest BCUT2D eigenvalue weighted by Gasteiger charge is -2.05. The van der Waals surface area contributed by atoms with Crippen LogP contribution in [0.1, 0.15) is 21.6 Å². The van der Waals surface area contributed by atoms with E-state index < -0.39 is 12.1 Å². The minimum atomic E-state index is -1.23. The number of benzene rings is 1. The third kappa shape index (κ3) is 3.14. The highest BCUT2D eigenvalue weighted by Crippen LogP contribution is 2.19. The number of carbonyl (C=O) groups is 2. The summed E-state index contributed by atoms with van der Waals surface area (Å²) in [7, 11) is 0. The van der Waals surface area contributed by atoms with Crippen molar-refractivity contribution >= 4 is 17.9 Å². The van der Waals surface area contributed by atoms with Gasteiger partial charge in [-0.1, -0.05) is 35.5 Å². The minimum Gasteiger partial charge on any atom is -0.477 e. The lowest BCUT2D eigenvalue weighted by atomic mass is 10.2. The average molecular weight is 276 g/mol. The highest BCUT2D eigenvalue weighted by Gasteiger charge is 2.21. The number of aromatic nitrogens is 1. The van der Waals surface area contributed by atoms with E-state index >= 15 is 0 Å².